The van der Waals surface area contributed by atoms with E-state index in [0.717, 1.165) is 24.9 Å². The van der Waals surface area contributed by atoms with Gasteiger partial charge >= 0.3 is 5.97 Å². The van der Waals surface area contributed by atoms with Crippen molar-refractivity contribution >= 4 is 29.2 Å². The second-order valence-electron chi connectivity index (χ2n) is 4.82. The number of hydrogen-bond donors (Lipinski definition) is 1. The summed E-state index contributed by atoms with van der Waals surface area (Å²) in [5.41, 5.74) is 1.03. The Hall–Kier alpha value is -0.770. The second kappa shape index (κ2) is 6.60. The number of rotatable bonds is 3. The molecule has 0 spiro atoms. The normalized spacial score (nSPS) is 23.1. The zero-order chi connectivity index (χ0) is 13.8. The number of carbonyl (C=O) groups excluding carboxylic acids is 1. The Balaban J connectivity index is 2.13. The summed E-state index contributed by atoms with van der Waals surface area (Å²) in [6.07, 6.45) is 1.72. The standard InChI is InChI=1S/C14H17Cl2NO2/c1-19-14(18)12-8-17-5-4-9(12)6-10-2-3-11(15)7-13(10)16/h2-3,7,9,12,17H,4-6,8H2,1H3/t9-,12-/m1/s1. The van der Waals surface area contributed by atoms with Gasteiger partial charge in [0, 0.05) is 16.6 Å². The first kappa shape index (κ1) is 14.6. The summed E-state index contributed by atoms with van der Waals surface area (Å²) in [5.74, 6) is 0.000145. The number of piperidine rings is 1. The maximum Gasteiger partial charge on any atom is 0.310 e. The van der Waals surface area contributed by atoms with Gasteiger partial charge in [-0.25, -0.2) is 0 Å². The quantitative estimate of drug-likeness (QED) is 0.873. The molecule has 0 bridgehead atoms. The van der Waals surface area contributed by atoms with Crippen LogP contribution in [0.3, 0.4) is 0 Å². The van der Waals surface area contributed by atoms with E-state index in [1.54, 1.807) is 6.07 Å². The highest BCUT2D eigenvalue weighted by Crippen LogP contribution is 2.29. The maximum absolute atomic E-state index is 11.8. The van der Waals surface area contributed by atoms with Crippen molar-refractivity contribution in [3.63, 3.8) is 0 Å². The lowest BCUT2D eigenvalue weighted by atomic mass is 9.82. The molecule has 1 N–H and O–H groups in total. The van der Waals surface area contributed by atoms with Gasteiger partial charge in [0.1, 0.15) is 0 Å². The van der Waals surface area contributed by atoms with Crippen molar-refractivity contribution in [1.29, 1.82) is 0 Å². The van der Waals surface area contributed by atoms with Crippen molar-refractivity contribution in [2.45, 2.75) is 12.8 Å². The second-order valence-corrected chi connectivity index (χ2v) is 5.67. The lowest BCUT2D eigenvalue weighted by Gasteiger charge is -2.30. The zero-order valence-electron chi connectivity index (χ0n) is 10.8. The van der Waals surface area contributed by atoms with Gasteiger partial charge in [-0.15, -0.1) is 0 Å². The fourth-order valence-electron chi connectivity index (χ4n) is 2.55. The monoisotopic (exact) mass is 301 g/mol. The molecule has 5 heteroatoms. The Morgan fingerprint density at radius 3 is 2.95 bits per heavy atom. The first-order chi connectivity index (χ1) is 9.11. The van der Waals surface area contributed by atoms with Crippen molar-refractivity contribution in [3.05, 3.63) is 33.8 Å². The van der Waals surface area contributed by atoms with Crippen molar-refractivity contribution in [3.8, 4) is 0 Å². The Morgan fingerprint density at radius 2 is 2.26 bits per heavy atom. The molecule has 1 aliphatic rings. The van der Waals surface area contributed by atoms with Crippen LogP contribution >= 0.6 is 23.2 Å². The van der Waals surface area contributed by atoms with Crippen LogP contribution in [0.25, 0.3) is 0 Å². The maximum atomic E-state index is 11.8. The third kappa shape index (κ3) is 3.62. The van der Waals surface area contributed by atoms with Crippen LogP contribution in [-0.2, 0) is 16.0 Å². The van der Waals surface area contributed by atoms with Crippen LogP contribution in [0.15, 0.2) is 18.2 Å². The molecule has 2 atom stereocenters. The molecule has 104 valence electrons. The molecule has 2 rings (SSSR count). The van der Waals surface area contributed by atoms with Crippen molar-refractivity contribution in [1.82, 2.24) is 5.32 Å². The molecule has 0 aliphatic carbocycles. The summed E-state index contributed by atoms with van der Waals surface area (Å²) in [4.78, 5) is 11.8. The Labute approximate surface area is 123 Å². The van der Waals surface area contributed by atoms with Gasteiger partial charge in [0.15, 0.2) is 0 Å². The summed E-state index contributed by atoms with van der Waals surface area (Å²) in [6.45, 7) is 1.59. The predicted octanol–water partition coefficient (Wildman–Crippen LogP) is 2.93. The molecule has 19 heavy (non-hydrogen) atoms. The summed E-state index contributed by atoms with van der Waals surface area (Å²) < 4.78 is 4.87. The Morgan fingerprint density at radius 1 is 1.47 bits per heavy atom. The molecular weight excluding hydrogens is 285 g/mol. The lowest BCUT2D eigenvalue weighted by Crippen LogP contribution is -2.42. The van der Waals surface area contributed by atoms with Crippen LogP contribution in [0.2, 0.25) is 10.0 Å². The minimum absolute atomic E-state index is 0.106. The highest BCUT2D eigenvalue weighted by atomic mass is 35.5. The molecule has 1 fully saturated rings. The number of hydrogen-bond acceptors (Lipinski definition) is 3. The highest BCUT2D eigenvalue weighted by molar-refractivity contribution is 6.35. The number of nitrogens with one attached hydrogen (secondary N) is 1. The van der Waals surface area contributed by atoms with Crippen LogP contribution < -0.4 is 5.32 Å². The molecular formula is C14H17Cl2NO2. The first-order valence-electron chi connectivity index (χ1n) is 6.34. The SMILES string of the molecule is COC(=O)[C@@H]1CNCC[C@@H]1Cc1ccc(Cl)cc1Cl. The van der Waals surface area contributed by atoms with Crippen LogP contribution in [0.1, 0.15) is 12.0 Å². The smallest absolute Gasteiger partial charge is 0.310 e. The topological polar surface area (TPSA) is 38.3 Å². The molecule has 1 aromatic rings. The summed E-state index contributed by atoms with van der Waals surface area (Å²) in [6, 6.07) is 5.50. The minimum Gasteiger partial charge on any atom is -0.469 e. The van der Waals surface area contributed by atoms with Crippen LogP contribution in [0.4, 0.5) is 0 Å². The van der Waals surface area contributed by atoms with E-state index in [-0.39, 0.29) is 17.8 Å². The molecule has 1 heterocycles. The number of halogens is 2. The number of ether oxygens (including phenoxy) is 1. The van der Waals surface area contributed by atoms with Crippen LogP contribution in [0, 0.1) is 11.8 Å². The fraction of sp³-hybridized carbons (Fsp3) is 0.500. The van der Waals surface area contributed by atoms with E-state index in [9.17, 15) is 4.79 Å². The molecule has 1 aliphatic heterocycles. The fourth-order valence-corrected chi connectivity index (χ4v) is 3.04. The average Bonchev–Trinajstić information content (AvgIpc) is 2.41. The number of benzene rings is 1. The highest BCUT2D eigenvalue weighted by Gasteiger charge is 2.31. The third-order valence-electron chi connectivity index (χ3n) is 3.63. The third-order valence-corrected chi connectivity index (χ3v) is 4.21. The van der Waals surface area contributed by atoms with Gasteiger partial charge in [0.25, 0.3) is 0 Å². The average molecular weight is 302 g/mol. The molecule has 0 unspecified atom stereocenters. The lowest BCUT2D eigenvalue weighted by molar-refractivity contribution is -0.148. The first-order valence-corrected chi connectivity index (χ1v) is 7.10. The Kier molecular flexibility index (Phi) is 5.08. The van der Waals surface area contributed by atoms with Gasteiger partial charge in [0.2, 0.25) is 0 Å². The van der Waals surface area contributed by atoms with E-state index in [4.69, 9.17) is 27.9 Å². The predicted molar refractivity (Wildman–Crippen MR) is 76.6 cm³/mol. The van der Waals surface area contributed by atoms with Crippen LogP contribution in [-0.4, -0.2) is 26.2 Å². The van der Waals surface area contributed by atoms with Gasteiger partial charge in [-0.2, -0.15) is 0 Å². The number of carbonyl (C=O) groups is 1. The molecule has 0 aromatic heterocycles. The van der Waals surface area contributed by atoms with E-state index >= 15 is 0 Å². The summed E-state index contributed by atoms with van der Waals surface area (Å²) in [5, 5.41) is 4.52. The summed E-state index contributed by atoms with van der Waals surface area (Å²) in [7, 11) is 1.43. The minimum atomic E-state index is -0.151. The van der Waals surface area contributed by atoms with Crippen LogP contribution in [0.5, 0.6) is 0 Å². The van der Waals surface area contributed by atoms with E-state index in [2.05, 4.69) is 5.32 Å². The van der Waals surface area contributed by atoms with Gasteiger partial charge in [-0.3, -0.25) is 4.79 Å². The molecule has 3 nitrogen and oxygen atoms in total. The van der Waals surface area contributed by atoms with E-state index in [1.165, 1.54) is 7.11 Å². The van der Waals surface area contributed by atoms with Gasteiger partial charge in [0.05, 0.1) is 13.0 Å². The van der Waals surface area contributed by atoms with E-state index in [0.29, 0.717) is 16.6 Å². The molecule has 1 aromatic carbocycles. The molecule has 0 radical (unpaired) electrons. The number of esters is 1. The van der Waals surface area contributed by atoms with Gasteiger partial charge in [-0.05, 0) is 43.0 Å². The molecule has 1 saturated heterocycles. The largest absolute Gasteiger partial charge is 0.469 e. The summed E-state index contributed by atoms with van der Waals surface area (Å²) >= 11 is 12.1. The van der Waals surface area contributed by atoms with Crippen molar-refractivity contribution in [2.24, 2.45) is 11.8 Å². The van der Waals surface area contributed by atoms with E-state index in [1.807, 2.05) is 12.1 Å². The van der Waals surface area contributed by atoms with Crippen molar-refractivity contribution < 1.29 is 9.53 Å². The zero-order valence-corrected chi connectivity index (χ0v) is 12.3. The number of methoxy groups -OCH3 is 1. The van der Waals surface area contributed by atoms with Gasteiger partial charge in [-0.1, -0.05) is 29.3 Å². The Bertz CT molecular complexity index is 465. The molecule has 0 amide bonds. The van der Waals surface area contributed by atoms with Gasteiger partial charge < -0.3 is 10.1 Å². The van der Waals surface area contributed by atoms with Crippen molar-refractivity contribution in [2.75, 3.05) is 20.2 Å². The molecule has 0 saturated carbocycles. The van der Waals surface area contributed by atoms with E-state index < -0.39 is 0 Å².